The number of hydrogen-bond donors (Lipinski definition) is 0. The van der Waals surface area contributed by atoms with Gasteiger partial charge in [-0.15, -0.1) is 0 Å². The van der Waals surface area contributed by atoms with Crippen molar-refractivity contribution in [3.05, 3.63) is 113 Å². The van der Waals surface area contributed by atoms with Gasteiger partial charge in [0.05, 0.1) is 35.5 Å². The van der Waals surface area contributed by atoms with E-state index in [-0.39, 0.29) is 5.41 Å². The predicted octanol–water partition coefficient (Wildman–Crippen LogP) is 8.54. The van der Waals surface area contributed by atoms with Gasteiger partial charge in [0, 0.05) is 27.5 Å². The molecular weight excluding hydrogens is 564 g/mol. The quantitative estimate of drug-likeness (QED) is 0.187. The summed E-state index contributed by atoms with van der Waals surface area (Å²) in [5, 5.41) is 1.98. The Bertz CT molecular complexity index is 1920. The van der Waals surface area contributed by atoms with Gasteiger partial charge < -0.3 is 28.4 Å². The Hall–Kier alpha value is -5.10. The molecule has 0 saturated carbocycles. The van der Waals surface area contributed by atoms with E-state index in [0.717, 1.165) is 50.5 Å². The van der Waals surface area contributed by atoms with Crippen LogP contribution in [0.2, 0.25) is 0 Å². The van der Waals surface area contributed by atoms with Gasteiger partial charge in [-0.05, 0) is 82.2 Å². The summed E-state index contributed by atoms with van der Waals surface area (Å²) in [6, 6.07) is 26.6. The topological polar surface area (TPSA) is 55.4 Å². The lowest BCUT2D eigenvalue weighted by Gasteiger charge is -2.38. The minimum atomic E-state index is -0.932. The van der Waals surface area contributed by atoms with Gasteiger partial charge in [-0.3, -0.25) is 0 Å². The highest BCUT2D eigenvalue weighted by Crippen LogP contribution is 2.59. The molecule has 0 bridgehead atoms. The van der Waals surface area contributed by atoms with E-state index in [9.17, 15) is 0 Å². The van der Waals surface area contributed by atoms with Gasteiger partial charge in [-0.25, -0.2) is 0 Å². The number of rotatable bonds is 7. The highest BCUT2D eigenvalue weighted by Gasteiger charge is 2.44. The molecule has 228 valence electrons. The molecule has 0 saturated heterocycles. The standard InChI is InChI=1S/C39H36O6/c1-38(2)32-20-27(42-5)16-17-28(32)35-30-21-33(43-6)34(44-7)22-31(30)37-29(36(35)38)18-19-39(45-37,23-8-12-25(40-3)13-9-23)24-10-14-26(41-4)15-11-24/h8-22H,1-7H3. The van der Waals surface area contributed by atoms with Crippen LogP contribution in [0.1, 0.15) is 41.7 Å². The van der Waals surface area contributed by atoms with Gasteiger partial charge in [0.25, 0.3) is 0 Å². The SMILES string of the molecule is COc1ccc(C2(c3ccc(OC)cc3)C=Cc3c4c(c5cc(OC)c(OC)cc5c3O2)-c2ccc(OC)cc2C4(C)C)cc1. The molecule has 0 spiro atoms. The molecule has 1 aliphatic heterocycles. The van der Waals surface area contributed by atoms with Gasteiger partial charge in [-0.1, -0.05) is 50.3 Å². The molecule has 0 radical (unpaired) electrons. The first-order valence-corrected chi connectivity index (χ1v) is 14.9. The van der Waals surface area contributed by atoms with Crippen LogP contribution in [0, 0.1) is 0 Å². The molecule has 7 rings (SSSR count). The maximum Gasteiger partial charge on any atom is 0.178 e. The highest BCUT2D eigenvalue weighted by atomic mass is 16.5. The minimum Gasteiger partial charge on any atom is -0.497 e. The van der Waals surface area contributed by atoms with Gasteiger partial charge in [-0.2, -0.15) is 0 Å². The molecule has 2 aliphatic rings. The molecule has 5 aromatic rings. The highest BCUT2D eigenvalue weighted by molar-refractivity contribution is 6.09. The number of methoxy groups -OCH3 is 5. The van der Waals surface area contributed by atoms with E-state index < -0.39 is 5.60 Å². The van der Waals surface area contributed by atoms with Crippen molar-refractivity contribution in [3.8, 4) is 45.6 Å². The largest absolute Gasteiger partial charge is 0.497 e. The van der Waals surface area contributed by atoms with E-state index in [2.05, 4.69) is 68.5 Å². The van der Waals surface area contributed by atoms with E-state index in [1.807, 2.05) is 36.4 Å². The molecule has 0 atom stereocenters. The average Bonchev–Trinajstić information content (AvgIpc) is 3.33. The fourth-order valence-electron chi connectivity index (χ4n) is 7.07. The molecule has 1 heterocycles. The van der Waals surface area contributed by atoms with E-state index in [1.165, 1.54) is 22.3 Å². The lowest BCUT2D eigenvalue weighted by atomic mass is 9.76. The van der Waals surface area contributed by atoms with E-state index in [4.69, 9.17) is 28.4 Å². The number of benzene rings is 5. The smallest absolute Gasteiger partial charge is 0.178 e. The van der Waals surface area contributed by atoms with Crippen molar-refractivity contribution in [2.75, 3.05) is 35.5 Å². The summed E-state index contributed by atoms with van der Waals surface area (Å²) in [5.74, 6) is 4.47. The summed E-state index contributed by atoms with van der Waals surface area (Å²) >= 11 is 0. The van der Waals surface area contributed by atoms with E-state index in [0.29, 0.717) is 11.5 Å². The van der Waals surface area contributed by atoms with Crippen LogP contribution in [0.15, 0.2) is 84.9 Å². The molecule has 45 heavy (non-hydrogen) atoms. The molecule has 1 aliphatic carbocycles. The Labute approximate surface area is 263 Å². The fourth-order valence-corrected chi connectivity index (χ4v) is 7.07. The lowest BCUT2D eigenvalue weighted by molar-refractivity contribution is 0.163. The van der Waals surface area contributed by atoms with Gasteiger partial charge in [0.2, 0.25) is 0 Å². The summed E-state index contributed by atoms with van der Waals surface area (Å²) in [7, 11) is 8.38. The number of ether oxygens (including phenoxy) is 6. The van der Waals surface area contributed by atoms with Crippen LogP contribution in [-0.4, -0.2) is 35.5 Å². The third-order valence-electron chi connectivity index (χ3n) is 9.38. The Morgan fingerprint density at radius 3 is 1.64 bits per heavy atom. The third kappa shape index (κ3) is 4.16. The zero-order chi connectivity index (χ0) is 31.5. The summed E-state index contributed by atoms with van der Waals surface area (Å²) in [6.45, 7) is 4.54. The van der Waals surface area contributed by atoms with Crippen molar-refractivity contribution in [2.45, 2.75) is 24.9 Å². The van der Waals surface area contributed by atoms with Crippen LogP contribution in [0.4, 0.5) is 0 Å². The second kappa shape index (κ2) is 10.5. The second-order valence-corrected chi connectivity index (χ2v) is 11.9. The van der Waals surface area contributed by atoms with E-state index >= 15 is 0 Å². The number of hydrogen-bond acceptors (Lipinski definition) is 6. The van der Waals surface area contributed by atoms with Crippen LogP contribution < -0.4 is 28.4 Å². The zero-order valence-electron chi connectivity index (χ0n) is 26.6. The van der Waals surface area contributed by atoms with Crippen molar-refractivity contribution >= 4 is 16.8 Å². The molecule has 6 heteroatoms. The predicted molar refractivity (Wildman–Crippen MR) is 178 cm³/mol. The Morgan fingerprint density at radius 1 is 0.578 bits per heavy atom. The van der Waals surface area contributed by atoms with Gasteiger partial charge >= 0.3 is 0 Å². The summed E-state index contributed by atoms with van der Waals surface area (Å²) in [5.41, 5.74) is 6.47. The first-order valence-electron chi connectivity index (χ1n) is 14.9. The van der Waals surface area contributed by atoms with Crippen molar-refractivity contribution in [3.63, 3.8) is 0 Å². The number of fused-ring (bicyclic) bond motifs is 8. The van der Waals surface area contributed by atoms with Crippen LogP contribution in [-0.2, 0) is 11.0 Å². The zero-order valence-corrected chi connectivity index (χ0v) is 26.6. The van der Waals surface area contributed by atoms with Gasteiger partial charge in [0.1, 0.15) is 23.0 Å². The van der Waals surface area contributed by atoms with Crippen molar-refractivity contribution in [1.29, 1.82) is 0 Å². The van der Waals surface area contributed by atoms with Crippen LogP contribution in [0.5, 0.6) is 34.5 Å². The Balaban J connectivity index is 1.56. The molecule has 0 amide bonds. The van der Waals surface area contributed by atoms with Crippen LogP contribution in [0.25, 0.3) is 28.0 Å². The molecule has 6 nitrogen and oxygen atoms in total. The lowest BCUT2D eigenvalue weighted by Crippen LogP contribution is -2.35. The average molecular weight is 601 g/mol. The Kier molecular flexibility index (Phi) is 6.70. The van der Waals surface area contributed by atoms with Crippen LogP contribution in [0.3, 0.4) is 0 Å². The van der Waals surface area contributed by atoms with Crippen molar-refractivity contribution in [1.82, 2.24) is 0 Å². The van der Waals surface area contributed by atoms with E-state index in [1.54, 1.807) is 35.5 Å². The molecular formula is C39H36O6. The first-order chi connectivity index (χ1) is 21.8. The third-order valence-corrected chi connectivity index (χ3v) is 9.38. The molecule has 0 aromatic heterocycles. The summed E-state index contributed by atoms with van der Waals surface area (Å²) < 4.78 is 35.7. The van der Waals surface area contributed by atoms with Crippen LogP contribution >= 0.6 is 0 Å². The second-order valence-electron chi connectivity index (χ2n) is 11.9. The van der Waals surface area contributed by atoms with Crippen molar-refractivity contribution in [2.24, 2.45) is 0 Å². The monoisotopic (exact) mass is 600 g/mol. The molecule has 0 fully saturated rings. The molecule has 0 unspecified atom stereocenters. The fraction of sp³-hybridized carbons (Fsp3) is 0.231. The Morgan fingerprint density at radius 2 is 1.11 bits per heavy atom. The van der Waals surface area contributed by atoms with Crippen molar-refractivity contribution < 1.29 is 28.4 Å². The first kappa shape index (κ1) is 28.7. The molecule has 5 aromatic carbocycles. The summed E-state index contributed by atoms with van der Waals surface area (Å²) in [4.78, 5) is 0. The normalized spacial score (nSPS) is 15.0. The van der Waals surface area contributed by atoms with Gasteiger partial charge in [0.15, 0.2) is 17.1 Å². The minimum absolute atomic E-state index is 0.335. The summed E-state index contributed by atoms with van der Waals surface area (Å²) in [6.07, 6.45) is 4.40. The maximum atomic E-state index is 7.40. The maximum absolute atomic E-state index is 7.40. The molecule has 0 N–H and O–H groups in total.